The highest BCUT2D eigenvalue weighted by molar-refractivity contribution is 6.39. The number of pyridine rings is 2. The van der Waals surface area contributed by atoms with E-state index in [1.165, 1.54) is 11.3 Å². The van der Waals surface area contributed by atoms with Crippen LogP contribution in [-0.2, 0) is 13.1 Å². The van der Waals surface area contributed by atoms with Gasteiger partial charge >= 0.3 is 0 Å². The van der Waals surface area contributed by atoms with Crippen molar-refractivity contribution in [2.75, 3.05) is 0 Å². The van der Waals surface area contributed by atoms with Gasteiger partial charge in [0, 0.05) is 36.0 Å². The SMILES string of the molecule is O=C1C(=CC2=CC=C(N3Cc4cc5ncccc5nc4C3)C2)C(=O)c2ccccc21. The van der Waals surface area contributed by atoms with Gasteiger partial charge in [-0.05, 0) is 41.5 Å². The van der Waals surface area contributed by atoms with Gasteiger partial charge in [0.1, 0.15) is 0 Å². The first-order valence-electron chi connectivity index (χ1n) is 9.96. The summed E-state index contributed by atoms with van der Waals surface area (Å²) in [6, 6.07) is 13.0. The Kier molecular flexibility index (Phi) is 3.59. The maximum absolute atomic E-state index is 12.6. The van der Waals surface area contributed by atoms with E-state index in [0.717, 1.165) is 35.4 Å². The Labute approximate surface area is 173 Å². The largest absolute Gasteiger partial charge is 0.364 e. The van der Waals surface area contributed by atoms with E-state index >= 15 is 0 Å². The third-order valence-electron chi connectivity index (χ3n) is 5.97. The second kappa shape index (κ2) is 6.32. The van der Waals surface area contributed by atoms with E-state index in [4.69, 9.17) is 4.98 Å². The van der Waals surface area contributed by atoms with E-state index in [9.17, 15) is 9.59 Å². The van der Waals surface area contributed by atoms with Gasteiger partial charge in [0.2, 0.25) is 0 Å². The molecule has 0 atom stereocenters. The molecule has 5 heteroatoms. The molecule has 3 aliphatic rings. The van der Waals surface area contributed by atoms with Crippen LogP contribution in [0.4, 0.5) is 0 Å². The first-order chi connectivity index (χ1) is 14.7. The van der Waals surface area contributed by atoms with Crippen LogP contribution >= 0.6 is 0 Å². The lowest BCUT2D eigenvalue weighted by Gasteiger charge is -2.19. The number of hydrogen-bond donors (Lipinski definition) is 0. The summed E-state index contributed by atoms with van der Waals surface area (Å²) in [5.74, 6) is -0.358. The third kappa shape index (κ3) is 2.55. The predicted molar refractivity (Wildman–Crippen MR) is 113 cm³/mol. The molecule has 0 N–H and O–H groups in total. The lowest BCUT2D eigenvalue weighted by molar-refractivity contribution is 0.0988. The number of rotatable bonds is 2. The average molecular weight is 391 g/mol. The highest BCUT2D eigenvalue weighted by Crippen LogP contribution is 2.34. The lowest BCUT2D eigenvalue weighted by atomic mass is 10.1. The predicted octanol–water partition coefficient (Wildman–Crippen LogP) is 4.17. The first-order valence-corrected chi connectivity index (χ1v) is 9.96. The van der Waals surface area contributed by atoms with Crippen LogP contribution in [0.1, 0.15) is 38.4 Å². The highest BCUT2D eigenvalue weighted by atomic mass is 16.2. The molecule has 0 saturated carbocycles. The molecule has 3 heterocycles. The number of nitrogens with zero attached hydrogens (tertiary/aromatic N) is 3. The smallest absolute Gasteiger partial charge is 0.197 e. The fraction of sp³-hybridized carbons (Fsp3) is 0.120. The topological polar surface area (TPSA) is 63.2 Å². The molecule has 2 aliphatic carbocycles. The van der Waals surface area contributed by atoms with Crippen molar-refractivity contribution in [2.24, 2.45) is 0 Å². The quantitative estimate of drug-likeness (QED) is 0.485. The van der Waals surface area contributed by atoms with Crippen molar-refractivity contribution >= 4 is 22.6 Å². The van der Waals surface area contributed by atoms with E-state index in [2.05, 4.69) is 22.0 Å². The molecule has 30 heavy (non-hydrogen) atoms. The van der Waals surface area contributed by atoms with E-state index in [0.29, 0.717) is 17.5 Å². The minimum Gasteiger partial charge on any atom is -0.364 e. The van der Waals surface area contributed by atoms with Crippen LogP contribution in [0.15, 0.2) is 83.7 Å². The summed E-state index contributed by atoms with van der Waals surface area (Å²) in [7, 11) is 0. The molecule has 0 radical (unpaired) electrons. The summed E-state index contributed by atoms with van der Waals surface area (Å²) in [4.78, 5) is 36.8. The fourth-order valence-corrected chi connectivity index (χ4v) is 4.43. The summed E-state index contributed by atoms with van der Waals surface area (Å²) >= 11 is 0. The second-order valence-electron chi connectivity index (χ2n) is 7.83. The standard InChI is InChI=1S/C25H17N3O2/c29-24-18-4-1-2-5-19(18)25(30)20(24)11-15-7-8-17(10-15)28-13-16-12-22-21(6-3-9-26-22)27-23(16)14-28/h1-9,11-12H,10,13-14H2. The number of carbonyl (C=O) groups is 2. The number of benzene rings is 1. The molecule has 0 fully saturated rings. The molecule has 0 unspecified atom stereocenters. The van der Waals surface area contributed by atoms with E-state index < -0.39 is 0 Å². The van der Waals surface area contributed by atoms with Gasteiger partial charge in [0.15, 0.2) is 11.6 Å². The molecular weight excluding hydrogens is 374 g/mol. The zero-order valence-electron chi connectivity index (χ0n) is 16.1. The van der Waals surface area contributed by atoms with Crippen LogP contribution in [0.25, 0.3) is 11.0 Å². The minimum absolute atomic E-state index is 0.179. The number of hydrogen-bond acceptors (Lipinski definition) is 5. The summed E-state index contributed by atoms with van der Waals surface area (Å²) in [5.41, 5.74) is 7.54. The summed E-state index contributed by atoms with van der Waals surface area (Å²) in [6.45, 7) is 1.55. The molecular formula is C25H17N3O2. The first kappa shape index (κ1) is 17.0. The molecule has 0 amide bonds. The van der Waals surface area contributed by atoms with Gasteiger partial charge in [0.05, 0.1) is 28.8 Å². The van der Waals surface area contributed by atoms with Crippen LogP contribution in [0.3, 0.4) is 0 Å². The highest BCUT2D eigenvalue weighted by Gasteiger charge is 2.33. The summed E-state index contributed by atoms with van der Waals surface area (Å²) < 4.78 is 0. The number of aromatic nitrogens is 2. The van der Waals surface area contributed by atoms with Crippen molar-refractivity contribution in [1.29, 1.82) is 0 Å². The van der Waals surface area contributed by atoms with Crippen molar-refractivity contribution in [3.05, 3.63) is 106 Å². The second-order valence-corrected chi connectivity index (χ2v) is 7.83. The molecule has 5 nitrogen and oxygen atoms in total. The Balaban J connectivity index is 1.21. The number of Topliss-reactive ketones (excluding diaryl/α,β-unsaturated/α-hetero) is 2. The van der Waals surface area contributed by atoms with Crippen LogP contribution in [0.5, 0.6) is 0 Å². The van der Waals surface area contributed by atoms with Crippen LogP contribution in [0.2, 0.25) is 0 Å². The van der Waals surface area contributed by atoms with Gasteiger partial charge < -0.3 is 4.90 Å². The van der Waals surface area contributed by atoms with Crippen LogP contribution in [0, 0.1) is 0 Å². The molecule has 0 spiro atoms. The molecule has 2 aromatic heterocycles. The number of ketones is 2. The van der Waals surface area contributed by atoms with Crippen molar-refractivity contribution in [2.45, 2.75) is 19.5 Å². The average Bonchev–Trinajstić information content (AvgIpc) is 3.46. The van der Waals surface area contributed by atoms with Gasteiger partial charge in [0.25, 0.3) is 0 Å². The van der Waals surface area contributed by atoms with Crippen molar-refractivity contribution in [3.8, 4) is 0 Å². The van der Waals surface area contributed by atoms with Crippen LogP contribution < -0.4 is 0 Å². The van der Waals surface area contributed by atoms with Gasteiger partial charge in [-0.3, -0.25) is 14.6 Å². The number of fused-ring (bicyclic) bond motifs is 3. The molecule has 0 saturated heterocycles. The van der Waals surface area contributed by atoms with E-state index in [-0.39, 0.29) is 17.1 Å². The Hall–Kier alpha value is -3.86. The van der Waals surface area contributed by atoms with E-state index in [1.54, 1.807) is 36.5 Å². The zero-order valence-corrected chi connectivity index (χ0v) is 16.1. The fourth-order valence-electron chi connectivity index (χ4n) is 4.43. The lowest BCUT2D eigenvalue weighted by Crippen LogP contribution is -2.15. The molecule has 0 bridgehead atoms. The van der Waals surface area contributed by atoms with E-state index in [1.807, 2.05) is 18.2 Å². The van der Waals surface area contributed by atoms with Crippen molar-refractivity contribution in [3.63, 3.8) is 0 Å². The zero-order chi connectivity index (χ0) is 20.2. The normalized spacial score (nSPS) is 17.3. The van der Waals surface area contributed by atoms with Crippen molar-refractivity contribution in [1.82, 2.24) is 14.9 Å². The summed E-state index contributed by atoms with van der Waals surface area (Å²) in [6.07, 6.45) is 8.32. The molecule has 1 aromatic carbocycles. The number of allylic oxidation sites excluding steroid dienone is 5. The van der Waals surface area contributed by atoms with Gasteiger partial charge in [-0.2, -0.15) is 0 Å². The molecule has 1 aliphatic heterocycles. The maximum Gasteiger partial charge on any atom is 0.197 e. The minimum atomic E-state index is -0.179. The summed E-state index contributed by atoms with van der Waals surface area (Å²) in [5, 5.41) is 0. The number of carbonyl (C=O) groups excluding carboxylic acids is 2. The van der Waals surface area contributed by atoms with Crippen LogP contribution in [-0.4, -0.2) is 26.4 Å². The Morgan fingerprint density at radius 2 is 1.70 bits per heavy atom. The van der Waals surface area contributed by atoms with Crippen molar-refractivity contribution < 1.29 is 9.59 Å². The molecule has 144 valence electrons. The molecule has 3 aromatic rings. The van der Waals surface area contributed by atoms with Gasteiger partial charge in [-0.25, -0.2) is 4.98 Å². The Bertz CT molecular complexity index is 1280. The Morgan fingerprint density at radius 3 is 2.50 bits per heavy atom. The third-order valence-corrected chi connectivity index (χ3v) is 5.97. The van der Waals surface area contributed by atoms with Gasteiger partial charge in [-0.1, -0.05) is 30.3 Å². The maximum atomic E-state index is 12.6. The monoisotopic (exact) mass is 391 g/mol. The van der Waals surface area contributed by atoms with Gasteiger partial charge in [-0.15, -0.1) is 0 Å². The Morgan fingerprint density at radius 1 is 0.900 bits per heavy atom. The molecule has 6 rings (SSSR count).